The number of halogens is 3. The Kier molecular flexibility index (Phi) is 4.27. The number of anilines is 1. The lowest BCUT2D eigenvalue weighted by molar-refractivity contribution is -0.137. The summed E-state index contributed by atoms with van der Waals surface area (Å²) in [4.78, 5) is 3.76. The second-order valence-corrected chi connectivity index (χ2v) is 4.45. The molecule has 1 heterocycles. The lowest BCUT2D eigenvalue weighted by Crippen LogP contribution is -2.07. The maximum absolute atomic E-state index is 12.4. The molecule has 1 aromatic heterocycles. The number of nitrogens with one attached hydrogen (secondary N) is 1. The summed E-state index contributed by atoms with van der Waals surface area (Å²) in [5, 5.41) is 3.00. The molecular formula is C15H15F3N2. The van der Waals surface area contributed by atoms with E-state index in [4.69, 9.17) is 0 Å². The Balaban J connectivity index is 1.96. The molecular weight excluding hydrogens is 265 g/mol. The van der Waals surface area contributed by atoms with Crippen molar-refractivity contribution in [3.63, 3.8) is 0 Å². The zero-order valence-electron chi connectivity index (χ0n) is 11.0. The topological polar surface area (TPSA) is 24.9 Å². The summed E-state index contributed by atoms with van der Waals surface area (Å²) >= 11 is 0. The Labute approximate surface area is 115 Å². The third-order valence-electron chi connectivity index (χ3n) is 3.00. The smallest absolute Gasteiger partial charge is 0.366 e. The highest BCUT2D eigenvalue weighted by atomic mass is 19.4. The summed E-state index contributed by atoms with van der Waals surface area (Å²) in [5.74, 6) is 0.428. The molecule has 0 atom stereocenters. The van der Waals surface area contributed by atoms with E-state index >= 15 is 0 Å². The quantitative estimate of drug-likeness (QED) is 0.904. The van der Waals surface area contributed by atoms with Crippen molar-refractivity contribution < 1.29 is 13.2 Å². The van der Waals surface area contributed by atoms with E-state index in [-0.39, 0.29) is 0 Å². The summed E-state index contributed by atoms with van der Waals surface area (Å²) in [6.45, 7) is 2.61. The van der Waals surface area contributed by atoms with Gasteiger partial charge in [0.05, 0.1) is 5.56 Å². The van der Waals surface area contributed by atoms with E-state index in [9.17, 15) is 13.2 Å². The van der Waals surface area contributed by atoms with Crippen molar-refractivity contribution in [3.05, 3.63) is 59.3 Å². The zero-order valence-corrected chi connectivity index (χ0v) is 11.0. The predicted molar refractivity (Wildman–Crippen MR) is 72.4 cm³/mol. The van der Waals surface area contributed by atoms with Crippen LogP contribution in [0.2, 0.25) is 0 Å². The van der Waals surface area contributed by atoms with Gasteiger partial charge in [0.15, 0.2) is 0 Å². The maximum atomic E-state index is 12.4. The van der Waals surface area contributed by atoms with Crippen LogP contribution >= 0.6 is 0 Å². The molecule has 0 fully saturated rings. The first-order valence-corrected chi connectivity index (χ1v) is 6.34. The van der Waals surface area contributed by atoms with Gasteiger partial charge in [-0.25, -0.2) is 4.98 Å². The first kappa shape index (κ1) is 14.4. The van der Waals surface area contributed by atoms with E-state index in [0.717, 1.165) is 24.2 Å². The molecule has 0 saturated carbocycles. The lowest BCUT2D eigenvalue weighted by atomic mass is 10.1. The van der Waals surface area contributed by atoms with Crippen LogP contribution < -0.4 is 5.32 Å². The van der Waals surface area contributed by atoms with Crippen molar-refractivity contribution in [3.8, 4) is 0 Å². The van der Waals surface area contributed by atoms with E-state index in [1.165, 1.54) is 11.6 Å². The molecule has 0 aliphatic carbocycles. The number of benzene rings is 1. The van der Waals surface area contributed by atoms with Gasteiger partial charge in [-0.3, -0.25) is 0 Å². The van der Waals surface area contributed by atoms with Gasteiger partial charge in [-0.1, -0.05) is 31.2 Å². The largest absolute Gasteiger partial charge is 0.417 e. The molecule has 0 aliphatic rings. The van der Waals surface area contributed by atoms with Crippen LogP contribution in [0.4, 0.5) is 19.0 Å². The minimum atomic E-state index is -4.35. The molecule has 5 heteroatoms. The monoisotopic (exact) mass is 280 g/mol. The summed E-state index contributed by atoms with van der Waals surface area (Å²) < 4.78 is 37.1. The van der Waals surface area contributed by atoms with Crippen molar-refractivity contribution >= 4 is 5.82 Å². The first-order chi connectivity index (χ1) is 9.49. The normalized spacial score (nSPS) is 11.4. The number of nitrogens with zero attached hydrogens (tertiary/aromatic N) is 1. The van der Waals surface area contributed by atoms with Crippen molar-refractivity contribution in [2.75, 3.05) is 5.32 Å². The highest BCUT2D eigenvalue weighted by molar-refractivity contribution is 5.37. The van der Waals surface area contributed by atoms with Gasteiger partial charge in [0.2, 0.25) is 0 Å². The standard InChI is InChI=1S/C15H15F3N2/c1-2-11-3-5-12(6-4-11)9-19-14-8-7-13(10-20-14)15(16,17)18/h3-8,10H,2,9H2,1H3,(H,19,20). The Morgan fingerprint density at radius 1 is 1.00 bits per heavy atom. The van der Waals surface area contributed by atoms with Crippen molar-refractivity contribution in [1.29, 1.82) is 0 Å². The number of aryl methyl sites for hydroxylation is 1. The predicted octanol–water partition coefficient (Wildman–Crippen LogP) is 4.27. The Hall–Kier alpha value is -2.04. The highest BCUT2D eigenvalue weighted by Gasteiger charge is 2.30. The lowest BCUT2D eigenvalue weighted by Gasteiger charge is -2.09. The summed E-state index contributed by atoms with van der Waals surface area (Å²) in [5.41, 5.74) is 1.57. The third kappa shape index (κ3) is 3.73. The van der Waals surface area contributed by atoms with Gasteiger partial charge in [-0.15, -0.1) is 0 Å². The maximum Gasteiger partial charge on any atom is 0.417 e. The van der Waals surface area contributed by atoms with E-state index in [2.05, 4.69) is 17.2 Å². The van der Waals surface area contributed by atoms with Gasteiger partial charge >= 0.3 is 6.18 Å². The van der Waals surface area contributed by atoms with E-state index < -0.39 is 11.7 Å². The van der Waals surface area contributed by atoms with Crippen molar-refractivity contribution in [2.24, 2.45) is 0 Å². The minimum absolute atomic E-state index is 0.428. The Morgan fingerprint density at radius 2 is 1.65 bits per heavy atom. The number of aromatic nitrogens is 1. The molecule has 0 spiro atoms. The third-order valence-corrected chi connectivity index (χ3v) is 3.00. The van der Waals surface area contributed by atoms with Gasteiger partial charge < -0.3 is 5.32 Å². The first-order valence-electron chi connectivity index (χ1n) is 6.34. The Morgan fingerprint density at radius 3 is 2.15 bits per heavy atom. The fourth-order valence-corrected chi connectivity index (χ4v) is 1.75. The average molecular weight is 280 g/mol. The molecule has 0 aliphatic heterocycles. The van der Waals surface area contributed by atoms with Gasteiger partial charge in [-0.2, -0.15) is 13.2 Å². The molecule has 2 rings (SSSR count). The van der Waals surface area contributed by atoms with Crippen LogP contribution in [0.5, 0.6) is 0 Å². The van der Waals surface area contributed by atoms with Crippen molar-refractivity contribution in [1.82, 2.24) is 4.98 Å². The van der Waals surface area contributed by atoms with Crippen LogP contribution in [0, 0.1) is 0 Å². The summed E-state index contributed by atoms with van der Waals surface area (Å²) in [6.07, 6.45) is -2.53. The minimum Gasteiger partial charge on any atom is -0.366 e. The SMILES string of the molecule is CCc1ccc(CNc2ccc(C(F)(F)F)cn2)cc1. The summed E-state index contributed by atoms with van der Waals surface area (Å²) in [6, 6.07) is 10.4. The van der Waals surface area contributed by atoms with Crippen LogP contribution in [0.25, 0.3) is 0 Å². The van der Waals surface area contributed by atoms with Gasteiger partial charge in [-0.05, 0) is 29.7 Å². The second-order valence-electron chi connectivity index (χ2n) is 4.45. The van der Waals surface area contributed by atoms with Crippen LogP contribution in [0.3, 0.4) is 0 Å². The van der Waals surface area contributed by atoms with Crippen LogP contribution in [0.15, 0.2) is 42.6 Å². The zero-order chi connectivity index (χ0) is 14.6. The van der Waals surface area contributed by atoms with E-state index in [0.29, 0.717) is 12.4 Å². The average Bonchev–Trinajstić information content (AvgIpc) is 2.45. The van der Waals surface area contributed by atoms with Gasteiger partial charge in [0.25, 0.3) is 0 Å². The summed E-state index contributed by atoms with van der Waals surface area (Å²) in [7, 11) is 0. The molecule has 2 nitrogen and oxygen atoms in total. The van der Waals surface area contributed by atoms with E-state index in [1.807, 2.05) is 24.3 Å². The molecule has 0 radical (unpaired) electrons. The molecule has 1 aromatic carbocycles. The molecule has 0 unspecified atom stereocenters. The molecule has 1 N–H and O–H groups in total. The number of hydrogen-bond donors (Lipinski definition) is 1. The Bertz CT molecular complexity index is 545. The molecule has 0 bridgehead atoms. The molecule has 106 valence electrons. The molecule has 2 aromatic rings. The molecule has 20 heavy (non-hydrogen) atoms. The number of rotatable bonds is 4. The van der Waals surface area contributed by atoms with Gasteiger partial charge in [0, 0.05) is 12.7 Å². The fourth-order valence-electron chi connectivity index (χ4n) is 1.75. The van der Waals surface area contributed by atoms with Crippen LogP contribution in [-0.2, 0) is 19.1 Å². The van der Waals surface area contributed by atoms with Gasteiger partial charge in [0.1, 0.15) is 5.82 Å². The number of hydrogen-bond acceptors (Lipinski definition) is 2. The second kappa shape index (κ2) is 5.94. The van der Waals surface area contributed by atoms with E-state index in [1.54, 1.807) is 0 Å². The fraction of sp³-hybridized carbons (Fsp3) is 0.267. The number of alkyl halides is 3. The molecule has 0 amide bonds. The molecule has 0 saturated heterocycles. The van der Waals surface area contributed by atoms with Crippen LogP contribution in [-0.4, -0.2) is 4.98 Å². The highest BCUT2D eigenvalue weighted by Crippen LogP contribution is 2.28. The van der Waals surface area contributed by atoms with Crippen LogP contribution in [0.1, 0.15) is 23.6 Å². The van der Waals surface area contributed by atoms with Crippen molar-refractivity contribution in [2.45, 2.75) is 26.1 Å². The number of pyridine rings is 1.